The molecule has 1 aromatic carbocycles. The van der Waals surface area contributed by atoms with Crippen molar-refractivity contribution in [3.63, 3.8) is 0 Å². The van der Waals surface area contributed by atoms with Gasteiger partial charge in [-0.25, -0.2) is 9.78 Å². The van der Waals surface area contributed by atoms with Crippen LogP contribution in [0.3, 0.4) is 0 Å². The minimum atomic E-state index is -0.482. The topological polar surface area (TPSA) is 44.8 Å². The Kier molecular flexibility index (Phi) is 6.25. The number of allylic oxidation sites excluding steroid dienone is 1. The first-order chi connectivity index (χ1) is 9.13. The van der Waals surface area contributed by atoms with E-state index >= 15 is 0 Å². The van der Waals surface area contributed by atoms with E-state index in [1.54, 1.807) is 6.08 Å². The normalized spacial score (nSPS) is 13.6. The summed E-state index contributed by atoms with van der Waals surface area (Å²) < 4.78 is 4.82. The van der Waals surface area contributed by atoms with E-state index in [1.165, 1.54) is 14.2 Å². The molecule has 0 aromatic heterocycles. The van der Waals surface area contributed by atoms with Crippen LogP contribution >= 0.6 is 0 Å². The van der Waals surface area contributed by atoms with Crippen molar-refractivity contribution < 1.29 is 19.3 Å². The van der Waals surface area contributed by atoms with Crippen LogP contribution in [0.25, 0.3) is 0 Å². The maximum absolute atomic E-state index is 11.9. The van der Waals surface area contributed by atoms with E-state index in [-0.39, 0.29) is 18.5 Å². The number of carbonyl (C=O) groups excluding carboxylic acids is 1. The lowest BCUT2D eigenvalue weighted by Gasteiger charge is -2.22. The van der Waals surface area contributed by atoms with Crippen LogP contribution in [0.15, 0.2) is 36.9 Å². The Morgan fingerprint density at radius 2 is 2.16 bits per heavy atom. The van der Waals surface area contributed by atoms with Gasteiger partial charge in [-0.05, 0) is 12.5 Å². The highest BCUT2D eigenvalue weighted by Gasteiger charge is 2.29. The third-order valence-electron chi connectivity index (χ3n) is 2.98. The molecule has 1 aromatic rings. The van der Waals surface area contributed by atoms with E-state index in [4.69, 9.17) is 9.62 Å². The molecule has 0 amide bonds. The van der Waals surface area contributed by atoms with Crippen LogP contribution in [0.1, 0.15) is 17.0 Å². The van der Waals surface area contributed by atoms with Gasteiger partial charge in [0.15, 0.2) is 0 Å². The smallest absolute Gasteiger partial charge is 0.312 e. The first-order valence-corrected chi connectivity index (χ1v) is 6.06. The standard InChI is InChI=1S/C15H20O4/c1-5-13(12-8-6-7-11(2)9-12)14(10-19-18-4)15(16)17-3/h5-9,13-14H,1,10H2,2-4H3/t13-,14?/m0/s1. The fourth-order valence-electron chi connectivity index (χ4n) is 2.02. The molecular weight excluding hydrogens is 244 g/mol. The van der Waals surface area contributed by atoms with Crippen LogP contribution in [0.2, 0.25) is 0 Å². The Morgan fingerprint density at radius 1 is 1.42 bits per heavy atom. The Labute approximate surface area is 113 Å². The lowest BCUT2D eigenvalue weighted by molar-refractivity contribution is -0.280. The lowest BCUT2D eigenvalue weighted by atomic mass is 9.86. The van der Waals surface area contributed by atoms with E-state index in [9.17, 15) is 4.79 Å². The van der Waals surface area contributed by atoms with E-state index in [0.29, 0.717) is 0 Å². The van der Waals surface area contributed by atoms with Crippen LogP contribution in [-0.2, 0) is 19.3 Å². The van der Waals surface area contributed by atoms with Crippen molar-refractivity contribution in [3.05, 3.63) is 48.0 Å². The molecule has 0 heterocycles. The zero-order chi connectivity index (χ0) is 14.3. The molecule has 1 rings (SSSR count). The largest absolute Gasteiger partial charge is 0.469 e. The van der Waals surface area contributed by atoms with Crippen molar-refractivity contribution in [3.8, 4) is 0 Å². The van der Waals surface area contributed by atoms with Gasteiger partial charge < -0.3 is 4.74 Å². The van der Waals surface area contributed by atoms with Crippen molar-refractivity contribution in [1.82, 2.24) is 0 Å². The Bertz CT molecular complexity index is 428. The van der Waals surface area contributed by atoms with Gasteiger partial charge in [0.2, 0.25) is 0 Å². The quantitative estimate of drug-likeness (QED) is 0.329. The molecule has 0 spiro atoms. The Hall–Kier alpha value is -1.65. The summed E-state index contributed by atoms with van der Waals surface area (Å²) >= 11 is 0. The van der Waals surface area contributed by atoms with Crippen molar-refractivity contribution >= 4 is 5.97 Å². The van der Waals surface area contributed by atoms with E-state index in [2.05, 4.69) is 11.5 Å². The number of esters is 1. The van der Waals surface area contributed by atoms with Crippen LogP contribution in [-0.4, -0.2) is 26.8 Å². The van der Waals surface area contributed by atoms with Crippen molar-refractivity contribution in [2.24, 2.45) is 5.92 Å². The molecule has 0 aliphatic carbocycles. The molecule has 0 fully saturated rings. The zero-order valence-corrected chi connectivity index (χ0v) is 11.6. The van der Waals surface area contributed by atoms with Gasteiger partial charge in [0.25, 0.3) is 0 Å². The predicted molar refractivity (Wildman–Crippen MR) is 72.6 cm³/mol. The zero-order valence-electron chi connectivity index (χ0n) is 11.6. The van der Waals surface area contributed by atoms with E-state index in [1.807, 2.05) is 31.2 Å². The molecule has 2 atom stereocenters. The molecule has 104 valence electrons. The summed E-state index contributed by atoms with van der Waals surface area (Å²) in [6.45, 7) is 5.93. The molecule has 4 nitrogen and oxygen atoms in total. The molecule has 19 heavy (non-hydrogen) atoms. The summed E-state index contributed by atoms with van der Waals surface area (Å²) in [6, 6.07) is 7.94. The first kappa shape index (κ1) is 15.4. The van der Waals surface area contributed by atoms with Gasteiger partial charge in [-0.3, -0.25) is 4.79 Å². The second kappa shape index (κ2) is 7.71. The van der Waals surface area contributed by atoms with Crippen LogP contribution in [0.5, 0.6) is 0 Å². The molecule has 0 saturated carbocycles. The van der Waals surface area contributed by atoms with Gasteiger partial charge in [0.05, 0.1) is 26.7 Å². The lowest BCUT2D eigenvalue weighted by Crippen LogP contribution is -2.27. The second-order valence-corrected chi connectivity index (χ2v) is 4.26. The molecule has 0 saturated heterocycles. The first-order valence-electron chi connectivity index (χ1n) is 6.06. The Balaban J connectivity index is 3.01. The summed E-state index contributed by atoms with van der Waals surface area (Å²) in [5, 5.41) is 0. The molecule has 1 unspecified atom stereocenters. The number of methoxy groups -OCH3 is 1. The SMILES string of the molecule is C=C[C@@H](c1cccc(C)c1)C(COOC)C(=O)OC. The minimum Gasteiger partial charge on any atom is -0.469 e. The number of hydrogen-bond acceptors (Lipinski definition) is 4. The number of rotatable bonds is 7. The maximum Gasteiger partial charge on any atom is 0.312 e. The van der Waals surface area contributed by atoms with Gasteiger partial charge in [-0.1, -0.05) is 35.9 Å². The molecule has 0 aliphatic rings. The maximum atomic E-state index is 11.9. The number of carbonyl (C=O) groups is 1. The molecule has 4 heteroatoms. The summed E-state index contributed by atoms with van der Waals surface area (Å²) in [5.41, 5.74) is 2.13. The number of ether oxygens (including phenoxy) is 1. The molecule has 0 N–H and O–H groups in total. The van der Waals surface area contributed by atoms with Gasteiger partial charge in [0, 0.05) is 5.92 Å². The van der Waals surface area contributed by atoms with Gasteiger partial charge >= 0.3 is 5.97 Å². The van der Waals surface area contributed by atoms with E-state index < -0.39 is 5.92 Å². The minimum absolute atomic E-state index is 0.119. The van der Waals surface area contributed by atoms with Crippen molar-refractivity contribution in [2.45, 2.75) is 12.8 Å². The predicted octanol–water partition coefficient (Wildman–Crippen LogP) is 2.63. The third kappa shape index (κ3) is 4.19. The Morgan fingerprint density at radius 3 is 2.68 bits per heavy atom. The fourth-order valence-corrected chi connectivity index (χ4v) is 2.02. The van der Waals surface area contributed by atoms with Gasteiger partial charge in [-0.2, -0.15) is 0 Å². The highest BCUT2D eigenvalue weighted by molar-refractivity contribution is 5.74. The summed E-state index contributed by atoms with van der Waals surface area (Å²) in [4.78, 5) is 21.4. The fraction of sp³-hybridized carbons (Fsp3) is 0.400. The molecule has 0 aliphatic heterocycles. The summed E-state index contributed by atoms with van der Waals surface area (Å²) in [7, 11) is 2.77. The number of benzene rings is 1. The van der Waals surface area contributed by atoms with Crippen LogP contribution in [0, 0.1) is 12.8 Å². The van der Waals surface area contributed by atoms with E-state index in [0.717, 1.165) is 11.1 Å². The summed E-state index contributed by atoms with van der Waals surface area (Å²) in [6.07, 6.45) is 1.73. The second-order valence-electron chi connectivity index (χ2n) is 4.26. The van der Waals surface area contributed by atoms with Gasteiger partial charge in [-0.15, -0.1) is 6.58 Å². The van der Waals surface area contributed by atoms with Gasteiger partial charge in [0.1, 0.15) is 0 Å². The van der Waals surface area contributed by atoms with Crippen molar-refractivity contribution in [1.29, 1.82) is 0 Å². The monoisotopic (exact) mass is 264 g/mol. The number of aryl methyl sites for hydroxylation is 1. The van der Waals surface area contributed by atoms with Crippen LogP contribution in [0.4, 0.5) is 0 Å². The third-order valence-corrected chi connectivity index (χ3v) is 2.98. The summed E-state index contributed by atoms with van der Waals surface area (Å²) in [5.74, 6) is -1.00. The average molecular weight is 264 g/mol. The average Bonchev–Trinajstić information content (AvgIpc) is 2.42. The molecule has 0 bridgehead atoms. The highest BCUT2D eigenvalue weighted by Crippen LogP contribution is 2.28. The molecule has 0 radical (unpaired) electrons. The van der Waals surface area contributed by atoms with Crippen molar-refractivity contribution in [2.75, 3.05) is 20.8 Å². The van der Waals surface area contributed by atoms with Crippen LogP contribution < -0.4 is 0 Å². The molecular formula is C15H20O4. The highest BCUT2D eigenvalue weighted by atomic mass is 17.2. The number of hydrogen-bond donors (Lipinski definition) is 0.